The summed E-state index contributed by atoms with van der Waals surface area (Å²) in [5.74, 6) is -0.896. The summed E-state index contributed by atoms with van der Waals surface area (Å²) in [6, 6.07) is 19.7. The first-order valence-electron chi connectivity index (χ1n) is 10.6. The van der Waals surface area contributed by atoms with Gasteiger partial charge in [-0.3, -0.25) is 4.79 Å². The normalized spacial score (nSPS) is 33.1. The van der Waals surface area contributed by atoms with E-state index in [2.05, 4.69) is 5.32 Å². The highest BCUT2D eigenvalue weighted by Crippen LogP contribution is 2.44. The van der Waals surface area contributed by atoms with Gasteiger partial charge in [-0.1, -0.05) is 60.7 Å². The quantitative estimate of drug-likeness (QED) is 0.687. The molecule has 0 spiro atoms. The maximum atomic E-state index is 12.6. The summed E-state index contributed by atoms with van der Waals surface area (Å²) in [6.07, 6.45) is -2.69. The molecule has 2 aromatic carbocycles. The van der Waals surface area contributed by atoms with E-state index in [1.165, 1.54) is 0 Å². The second-order valence-electron chi connectivity index (χ2n) is 8.56. The van der Waals surface area contributed by atoms with Crippen LogP contribution in [0, 0.1) is 0 Å². The molecule has 3 aliphatic heterocycles. The molecule has 31 heavy (non-hydrogen) atoms. The van der Waals surface area contributed by atoms with Crippen molar-refractivity contribution in [3.63, 3.8) is 0 Å². The molecule has 1 N–H and O–H groups in total. The number of epoxide rings is 1. The highest BCUT2D eigenvalue weighted by molar-refractivity contribution is 5.83. The summed E-state index contributed by atoms with van der Waals surface area (Å²) < 4.78 is 30.0. The van der Waals surface area contributed by atoms with E-state index >= 15 is 0 Å². The average Bonchev–Trinajstić information content (AvgIpc) is 3.42. The van der Waals surface area contributed by atoms with E-state index in [0.717, 1.165) is 11.1 Å². The zero-order valence-electron chi connectivity index (χ0n) is 17.6. The lowest BCUT2D eigenvalue weighted by Gasteiger charge is -2.23. The van der Waals surface area contributed by atoms with Gasteiger partial charge in [0.2, 0.25) is 0 Å². The third-order valence-electron chi connectivity index (χ3n) is 5.72. The van der Waals surface area contributed by atoms with E-state index in [1.807, 2.05) is 74.5 Å². The van der Waals surface area contributed by atoms with Gasteiger partial charge in [0.1, 0.15) is 24.4 Å². The van der Waals surface area contributed by atoms with Gasteiger partial charge in [-0.15, -0.1) is 0 Å². The Balaban J connectivity index is 1.20. The molecule has 3 heterocycles. The molecule has 0 bridgehead atoms. The molecular weight excluding hydrogens is 398 g/mol. The molecule has 2 aromatic rings. The number of fused-ring (bicyclic) bond motifs is 1. The summed E-state index contributed by atoms with van der Waals surface area (Å²) in [5, 5.41) is 2.93. The Labute approximate surface area is 181 Å². The SMILES string of the molecule is CC1(C)O[C@H]2[C@@H]([C@@H]3O[C@H]3C(=O)NCc3ccccc3)O[C@H](OCc3ccccc3)[C@H]2O1. The molecule has 0 saturated carbocycles. The van der Waals surface area contributed by atoms with Crippen LogP contribution in [0.25, 0.3) is 0 Å². The number of hydrogen-bond acceptors (Lipinski definition) is 6. The molecule has 0 unspecified atom stereocenters. The van der Waals surface area contributed by atoms with Gasteiger partial charge in [0.05, 0.1) is 6.61 Å². The molecule has 7 heteroatoms. The molecule has 3 aliphatic rings. The largest absolute Gasteiger partial charge is 0.356 e. The maximum Gasteiger partial charge on any atom is 0.252 e. The molecule has 3 saturated heterocycles. The van der Waals surface area contributed by atoms with Crippen LogP contribution >= 0.6 is 0 Å². The van der Waals surface area contributed by atoms with Gasteiger partial charge < -0.3 is 29.0 Å². The highest BCUT2D eigenvalue weighted by atomic mass is 16.8. The zero-order valence-corrected chi connectivity index (χ0v) is 17.6. The van der Waals surface area contributed by atoms with Crippen molar-refractivity contribution in [3.8, 4) is 0 Å². The van der Waals surface area contributed by atoms with Crippen LogP contribution in [0.5, 0.6) is 0 Å². The zero-order chi connectivity index (χ0) is 21.4. The first-order chi connectivity index (χ1) is 15.0. The van der Waals surface area contributed by atoms with Crippen LogP contribution < -0.4 is 5.32 Å². The fourth-order valence-corrected chi connectivity index (χ4v) is 4.21. The third-order valence-corrected chi connectivity index (χ3v) is 5.72. The number of carbonyl (C=O) groups excluding carboxylic acids is 1. The van der Waals surface area contributed by atoms with Crippen LogP contribution in [0.2, 0.25) is 0 Å². The molecule has 5 rings (SSSR count). The summed E-state index contributed by atoms with van der Waals surface area (Å²) in [6.45, 7) is 4.60. The van der Waals surface area contributed by atoms with E-state index in [0.29, 0.717) is 13.2 Å². The Morgan fingerprint density at radius 1 is 0.871 bits per heavy atom. The van der Waals surface area contributed by atoms with Crippen molar-refractivity contribution in [2.24, 2.45) is 0 Å². The Morgan fingerprint density at radius 3 is 2.23 bits per heavy atom. The first kappa shape index (κ1) is 20.6. The van der Waals surface area contributed by atoms with E-state index < -0.39 is 24.3 Å². The molecule has 1 amide bonds. The number of nitrogens with one attached hydrogen (secondary N) is 1. The maximum absolute atomic E-state index is 12.6. The van der Waals surface area contributed by atoms with Crippen LogP contribution in [0.3, 0.4) is 0 Å². The lowest BCUT2D eigenvalue weighted by Crippen LogP contribution is -2.37. The molecule has 6 atom stereocenters. The average molecular weight is 425 g/mol. The van der Waals surface area contributed by atoms with E-state index in [1.54, 1.807) is 0 Å². The van der Waals surface area contributed by atoms with Gasteiger partial charge in [0, 0.05) is 6.54 Å². The molecule has 164 valence electrons. The van der Waals surface area contributed by atoms with Crippen molar-refractivity contribution < 1.29 is 28.5 Å². The summed E-state index contributed by atoms with van der Waals surface area (Å²) >= 11 is 0. The Morgan fingerprint density at radius 2 is 1.52 bits per heavy atom. The second kappa shape index (κ2) is 8.33. The summed E-state index contributed by atoms with van der Waals surface area (Å²) in [7, 11) is 0. The standard InChI is InChI=1S/C24H27NO6/c1-24(2)30-19-17(18-20(28-18)22(26)25-13-15-9-5-3-6-10-15)29-23(21(19)31-24)27-14-16-11-7-4-8-12-16/h3-12,17-21,23H,13-14H2,1-2H3,(H,25,26)/t17-,18+,19+,20-,21+,23+/m1/s1. The van der Waals surface area contributed by atoms with E-state index in [9.17, 15) is 4.79 Å². The Hall–Kier alpha value is -2.29. The third kappa shape index (κ3) is 4.51. The van der Waals surface area contributed by atoms with Crippen LogP contribution in [0.1, 0.15) is 25.0 Å². The summed E-state index contributed by atoms with van der Waals surface area (Å²) in [5.41, 5.74) is 2.08. The number of carbonyl (C=O) groups is 1. The smallest absolute Gasteiger partial charge is 0.252 e. The van der Waals surface area contributed by atoms with Gasteiger partial charge in [-0.05, 0) is 25.0 Å². The van der Waals surface area contributed by atoms with Gasteiger partial charge >= 0.3 is 0 Å². The minimum atomic E-state index is -0.744. The minimum Gasteiger partial charge on any atom is -0.356 e. The fraction of sp³-hybridized carbons (Fsp3) is 0.458. The molecule has 0 aromatic heterocycles. The topological polar surface area (TPSA) is 78.6 Å². The van der Waals surface area contributed by atoms with Crippen LogP contribution in [0.15, 0.2) is 60.7 Å². The molecule has 7 nitrogen and oxygen atoms in total. The Kier molecular flexibility index (Phi) is 5.54. The van der Waals surface area contributed by atoms with Crippen molar-refractivity contribution in [2.75, 3.05) is 0 Å². The van der Waals surface area contributed by atoms with Gasteiger partial charge in [-0.25, -0.2) is 0 Å². The monoisotopic (exact) mass is 425 g/mol. The molecular formula is C24H27NO6. The van der Waals surface area contributed by atoms with Crippen LogP contribution in [0.4, 0.5) is 0 Å². The van der Waals surface area contributed by atoms with Gasteiger partial charge in [-0.2, -0.15) is 0 Å². The van der Waals surface area contributed by atoms with Gasteiger partial charge in [0.25, 0.3) is 5.91 Å². The first-order valence-corrected chi connectivity index (χ1v) is 10.6. The summed E-state index contributed by atoms with van der Waals surface area (Å²) in [4.78, 5) is 12.6. The molecule has 0 radical (unpaired) electrons. The Bertz CT molecular complexity index is 905. The number of hydrogen-bond donors (Lipinski definition) is 1. The van der Waals surface area contributed by atoms with Crippen LogP contribution in [-0.2, 0) is 41.6 Å². The molecule has 3 fully saturated rings. The number of ether oxygens (including phenoxy) is 5. The van der Waals surface area contributed by atoms with Crippen molar-refractivity contribution >= 4 is 5.91 Å². The van der Waals surface area contributed by atoms with Gasteiger partial charge in [0.15, 0.2) is 18.2 Å². The molecule has 0 aliphatic carbocycles. The second-order valence-corrected chi connectivity index (χ2v) is 8.56. The predicted molar refractivity (Wildman–Crippen MR) is 111 cm³/mol. The van der Waals surface area contributed by atoms with E-state index in [-0.39, 0.29) is 24.2 Å². The van der Waals surface area contributed by atoms with Crippen LogP contribution in [-0.4, -0.2) is 48.5 Å². The fourth-order valence-electron chi connectivity index (χ4n) is 4.21. The van der Waals surface area contributed by atoms with Crippen molar-refractivity contribution in [1.29, 1.82) is 0 Å². The van der Waals surface area contributed by atoms with Crippen molar-refractivity contribution in [2.45, 2.75) is 69.6 Å². The highest BCUT2D eigenvalue weighted by Gasteiger charge is 2.64. The number of rotatable bonds is 7. The predicted octanol–water partition coefficient (Wildman–Crippen LogP) is 2.53. The van der Waals surface area contributed by atoms with Crippen molar-refractivity contribution in [1.82, 2.24) is 5.32 Å². The minimum absolute atomic E-state index is 0.152. The lowest BCUT2D eigenvalue weighted by atomic mass is 10.1. The lowest BCUT2D eigenvalue weighted by molar-refractivity contribution is -0.238. The number of amides is 1. The van der Waals surface area contributed by atoms with Crippen molar-refractivity contribution in [3.05, 3.63) is 71.8 Å². The van der Waals surface area contributed by atoms with E-state index in [4.69, 9.17) is 23.7 Å². The number of benzene rings is 2.